The molecule has 1 saturated carbocycles. The van der Waals surface area contributed by atoms with E-state index in [9.17, 15) is 5.11 Å². The Morgan fingerprint density at radius 1 is 1.15 bits per heavy atom. The van der Waals surface area contributed by atoms with Crippen LogP contribution in [0.25, 0.3) is 10.9 Å². The molecule has 1 fully saturated rings. The summed E-state index contributed by atoms with van der Waals surface area (Å²) in [5.41, 5.74) is 6.20. The summed E-state index contributed by atoms with van der Waals surface area (Å²) >= 11 is 5.89. The van der Waals surface area contributed by atoms with Crippen LogP contribution in [-0.4, -0.2) is 34.7 Å². The number of halogens is 1. The molecule has 27 heavy (non-hydrogen) atoms. The zero-order valence-electron chi connectivity index (χ0n) is 16.2. The number of aliphatic hydroxyl groups is 1. The van der Waals surface area contributed by atoms with Crippen molar-refractivity contribution < 1.29 is 10.0 Å². The van der Waals surface area contributed by atoms with E-state index in [0.717, 1.165) is 25.6 Å². The molecular formula is C23H32ClN2O+. The monoisotopic (exact) mass is 387 g/mol. The average molecular weight is 388 g/mol. The van der Waals surface area contributed by atoms with Crippen molar-refractivity contribution in [1.82, 2.24) is 4.57 Å². The van der Waals surface area contributed by atoms with Crippen LogP contribution in [0.4, 0.5) is 0 Å². The summed E-state index contributed by atoms with van der Waals surface area (Å²) in [6.45, 7) is 2.94. The van der Waals surface area contributed by atoms with E-state index in [1.54, 1.807) is 16.8 Å². The first-order chi connectivity index (χ1) is 13.3. The molecule has 2 heterocycles. The third-order valence-electron chi connectivity index (χ3n) is 7.39. The molecule has 0 saturated heterocycles. The van der Waals surface area contributed by atoms with Gasteiger partial charge in [0, 0.05) is 17.3 Å². The second-order valence-corrected chi connectivity index (χ2v) is 9.30. The fourth-order valence-corrected chi connectivity index (χ4v) is 6.21. The van der Waals surface area contributed by atoms with Gasteiger partial charge in [-0.15, -0.1) is 11.6 Å². The maximum Gasteiger partial charge on any atom is 0.129 e. The van der Waals surface area contributed by atoms with Crippen molar-refractivity contribution in [2.75, 3.05) is 19.0 Å². The maximum absolute atomic E-state index is 10.1. The highest BCUT2D eigenvalue weighted by Crippen LogP contribution is 2.40. The number of benzene rings is 1. The van der Waals surface area contributed by atoms with Crippen LogP contribution >= 0.6 is 11.6 Å². The van der Waals surface area contributed by atoms with Gasteiger partial charge < -0.3 is 14.6 Å². The van der Waals surface area contributed by atoms with Crippen molar-refractivity contribution in [2.24, 2.45) is 0 Å². The van der Waals surface area contributed by atoms with E-state index in [-0.39, 0.29) is 6.10 Å². The average Bonchev–Trinajstić information content (AvgIpc) is 3.05. The predicted molar refractivity (Wildman–Crippen MR) is 111 cm³/mol. The van der Waals surface area contributed by atoms with Crippen molar-refractivity contribution in [3.63, 3.8) is 0 Å². The number of alkyl halides is 1. The number of quaternary nitrogens is 1. The Kier molecular flexibility index (Phi) is 4.95. The minimum atomic E-state index is -0.388. The minimum absolute atomic E-state index is 0.344. The fourth-order valence-electron chi connectivity index (χ4n) is 6.10. The standard InChI is InChI=1S/C23H31ClN2O/c24-14-18(27)15-25-11-12-26-21-10-9-17(16-5-2-1-3-6-16)13-20(21)19-7-4-8-22(25)23(19)26/h9-10,13,16,18,22,27H,1-8,11-12,14-15H2/p+1/t18-,22+/m1/s1. The number of aryl methyl sites for hydroxylation is 1. The molecular weight excluding hydrogens is 356 g/mol. The molecule has 3 aliphatic rings. The van der Waals surface area contributed by atoms with E-state index in [1.165, 1.54) is 67.2 Å². The quantitative estimate of drug-likeness (QED) is 0.772. The third-order valence-corrected chi connectivity index (χ3v) is 7.74. The topological polar surface area (TPSA) is 29.6 Å². The second kappa shape index (κ2) is 7.42. The van der Waals surface area contributed by atoms with Crippen molar-refractivity contribution in [1.29, 1.82) is 0 Å². The molecule has 0 spiro atoms. The van der Waals surface area contributed by atoms with E-state index in [1.807, 2.05) is 0 Å². The van der Waals surface area contributed by atoms with Crippen molar-refractivity contribution in [3.05, 3.63) is 35.0 Å². The van der Waals surface area contributed by atoms with Gasteiger partial charge in [0.05, 0.1) is 24.7 Å². The van der Waals surface area contributed by atoms with Gasteiger partial charge in [0.1, 0.15) is 18.7 Å². The molecule has 2 aromatic rings. The first kappa shape index (κ1) is 18.0. The molecule has 0 amide bonds. The van der Waals surface area contributed by atoms with Crippen LogP contribution in [0.5, 0.6) is 0 Å². The number of aliphatic hydroxyl groups excluding tert-OH is 1. The number of fused-ring (bicyclic) bond motifs is 3. The molecule has 5 rings (SSSR count). The number of nitrogens with zero attached hydrogens (tertiary/aromatic N) is 1. The molecule has 0 bridgehead atoms. The van der Waals surface area contributed by atoms with Gasteiger partial charge in [0.2, 0.25) is 0 Å². The minimum Gasteiger partial charge on any atom is -0.386 e. The Labute approximate surface area is 167 Å². The largest absolute Gasteiger partial charge is 0.386 e. The molecule has 2 aliphatic carbocycles. The molecule has 146 valence electrons. The van der Waals surface area contributed by atoms with Crippen molar-refractivity contribution in [2.45, 2.75) is 76.0 Å². The van der Waals surface area contributed by atoms with Crippen LogP contribution in [-0.2, 0) is 13.0 Å². The van der Waals surface area contributed by atoms with Crippen molar-refractivity contribution in [3.8, 4) is 0 Å². The van der Waals surface area contributed by atoms with E-state index >= 15 is 0 Å². The zero-order chi connectivity index (χ0) is 18.4. The number of rotatable bonds is 4. The Morgan fingerprint density at radius 2 is 2.00 bits per heavy atom. The van der Waals surface area contributed by atoms with Gasteiger partial charge in [-0.2, -0.15) is 0 Å². The lowest BCUT2D eigenvalue weighted by Crippen LogP contribution is -3.14. The zero-order valence-corrected chi connectivity index (χ0v) is 17.0. The van der Waals surface area contributed by atoms with E-state index in [0.29, 0.717) is 11.9 Å². The van der Waals surface area contributed by atoms with Crippen LogP contribution in [0.3, 0.4) is 0 Å². The van der Waals surface area contributed by atoms with Crippen molar-refractivity contribution >= 4 is 22.5 Å². The highest BCUT2D eigenvalue weighted by atomic mass is 35.5. The lowest BCUT2D eigenvalue weighted by atomic mass is 9.83. The van der Waals surface area contributed by atoms with Gasteiger partial charge in [-0.1, -0.05) is 25.3 Å². The molecule has 0 radical (unpaired) electrons. The van der Waals surface area contributed by atoms with Crippen LogP contribution < -0.4 is 4.90 Å². The molecule has 3 atom stereocenters. The molecule has 1 aromatic heterocycles. The fraction of sp³-hybridized carbons (Fsp3) is 0.652. The summed E-state index contributed by atoms with van der Waals surface area (Å²) in [6, 6.07) is 7.90. The summed E-state index contributed by atoms with van der Waals surface area (Å²) in [7, 11) is 0. The molecule has 2 N–H and O–H groups in total. The molecule has 1 unspecified atom stereocenters. The number of hydrogen-bond acceptors (Lipinski definition) is 1. The molecule has 4 heteroatoms. The Morgan fingerprint density at radius 3 is 2.81 bits per heavy atom. The molecule has 1 aromatic carbocycles. The van der Waals surface area contributed by atoms with Gasteiger partial charge in [-0.05, 0) is 54.9 Å². The van der Waals surface area contributed by atoms with Crippen LogP contribution in [0.2, 0.25) is 0 Å². The summed E-state index contributed by atoms with van der Waals surface area (Å²) in [6.07, 6.45) is 10.3. The third kappa shape index (κ3) is 3.12. The van der Waals surface area contributed by atoms with Crippen LogP contribution in [0.1, 0.15) is 73.7 Å². The number of aromatic nitrogens is 1. The number of nitrogens with one attached hydrogen (secondary N) is 1. The van der Waals surface area contributed by atoms with Crippen LogP contribution in [0.15, 0.2) is 18.2 Å². The van der Waals surface area contributed by atoms with Gasteiger partial charge in [-0.3, -0.25) is 0 Å². The summed E-state index contributed by atoms with van der Waals surface area (Å²) in [5.74, 6) is 1.12. The maximum atomic E-state index is 10.1. The van der Waals surface area contributed by atoms with Gasteiger partial charge in [0.15, 0.2) is 0 Å². The Balaban J connectivity index is 1.54. The normalized spacial score (nSPS) is 26.9. The molecule has 3 nitrogen and oxygen atoms in total. The van der Waals surface area contributed by atoms with E-state index in [2.05, 4.69) is 22.8 Å². The molecule has 1 aliphatic heterocycles. The smallest absolute Gasteiger partial charge is 0.129 e. The second-order valence-electron chi connectivity index (χ2n) is 8.99. The number of hydrogen-bond donors (Lipinski definition) is 2. The van der Waals surface area contributed by atoms with Gasteiger partial charge >= 0.3 is 0 Å². The lowest BCUT2D eigenvalue weighted by Gasteiger charge is -2.37. The SMILES string of the molecule is O[C@H](CCl)C[NH+]1CCn2c3c(c4cc(C5CCCCC5)ccc42)CCC[C@@H]31. The predicted octanol–water partition coefficient (Wildman–Crippen LogP) is 3.56. The van der Waals surface area contributed by atoms with Crippen LogP contribution in [0, 0.1) is 0 Å². The Hall–Kier alpha value is -1.03. The lowest BCUT2D eigenvalue weighted by molar-refractivity contribution is -0.939. The van der Waals surface area contributed by atoms with Gasteiger partial charge in [-0.25, -0.2) is 0 Å². The highest BCUT2D eigenvalue weighted by molar-refractivity contribution is 6.18. The van der Waals surface area contributed by atoms with Gasteiger partial charge in [0.25, 0.3) is 0 Å². The summed E-state index contributed by atoms with van der Waals surface area (Å²) in [4.78, 5) is 1.53. The van der Waals surface area contributed by atoms with E-state index in [4.69, 9.17) is 11.6 Å². The van der Waals surface area contributed by atoms with E-state index < -0.39 is 0 Å². The Bertz CT molecular complexity index is 823. The summed E-state index contributed by atoms with van der Waals surface area (Å²) < 4.78 is 2.61. The first-order valence-corrected chi connectivity index (χ1v) is 11.5. The summed E-state index contributed by atoms with van der Waals surface area (Å²) in [5, 5.41) is 11.6. The highest BCUT2D eigenvalue weighted by Gasteiger charge is 2.38. The first-order valence-electron chi connectivity index (χ1n) is 11.0.